The molecule has 3 aromatic rings. The van der Waals surface area contributed by atoms with Crippen molar-refractivity contribution in [3.05, 3.63) is 47.6 Å². The van der Waals surface area contributed by atoms with Crippen LogP contribution in [-0.4, -0.2) is 48.9 Å². The molecule has 0 N–H and O–H groups in total. The Morgan fingerprint density at radius 2 is 1.85 bits per heavy atom. The summed E-state index contributed by atoms with van der Waals surface area (Å²) in [6.07, 6.45) is 2.36. The third-order valence-electron chi connectivity index (χ3n) is 4.65. The third kappa shape index (κ3) is 3.08. The highest BCUT2D eigenvalue weighted by Gasteiger charge is 2.27. The lowest BCUT2D eigenvalue weighted by molar-refractivity contribution is 0.433. The molecule has 0 unspecified atom stereocenters. The van der Waals surface area contributed by atoms with E-state index in [0.717, 1.165) is 34.6 Å². The number of thiophene rings is 1. The van der Waals surface area contributed by atoms with Crippen LogP contribution in [-0.2, 0) is 10.0 Å². The number of rotatable bonds is 3. The number of aryl methyl sites for hydroxylation is 1. The minimum Gasteiger partial charge on any atom is -0.354 e. The van der Waals surface area contributed by atoms with Crippen molar-refractivity contribution in [2.75, 3.05) is 31.1 Å². The first-order valence-corrected chi connectivity index (χ1v) is 10.9. The van der Waals surface area contributed by atoms with Crippen molar-refractivity contribution in [1.29, 1.82) is 0 Å². The first kappa shape index (κ1) is 17.4. The largest absolute Gasteiger partial charge is 0.354 e. The number of fused-ring (bicyclic) bond motifs is 1. The Bertz CT molecular complexity index is 1020. The second-order valence-corrected chi connectivity index (χ2v) is 9.17. The van der Waals surface area contributed by atoms with Crippen molar-refractivity contribution >= 4 is 37.4 Å². The summed E-state index contributed by atoms with van der Waals surface area (Å²) in [6, 6.07) is 8.65. The Hall–Kier alpha value is -2.03. The number of nitrogens with zero attached hydrogens (tertiary/aromatic N) is 4. The van der Waals surface area contributed by atoms with Gasteiger partial charge in [0.1, 0.15) is 12.1 Å². The van der Waals surface area contributed by atoms with Crippen LogP contribution in [0.2, 0.25) is 0 Å². The van der Waals surface area contributed by atoms with Crippen LogP contribution in [0.1, 0.15) is 12.0 Å². The fourth-order valence-corrected chi connectivity index (χ4v) is 5.78. The number of hydrogen-bond acceptors (Lipinski definition) is 6. The van der Waals surface area contributed by atoms with Gasteiger partial charge in [0.2, 0.25) is 10.0 Å². The molecule has 4 rings (SSSR count). The molecule has 1 aromatic carbocycles. The van der Waals surface area contributed by atoms with Gasteiger partial charge >= 0.3 is 0 Å². The second-order valence-electron chi connectivity index (χ2n) is 6.35. The Balaban J connectivity index is 1.59. The molecule has 0 amide bonds. The SMILES string of the molecule is Cc1csc2c(N3CCCN(S(=O)(=O)c4ccccc4)CC3)ncnc12. The zero-order valence-corrected chi connectivity index (χ0v) is 16.1. The molecule has 136 valence electrons. The summed E-state index contributed by atoms with van der Waals surface area (Å²) in [5, 5.41) is 2.09. The van der Waals surface area contributed by atoms with Crippen LogP contribution in [0, 0.1) is 6.92 Å². The van der Waals surface area contributed by atoms with Gasteiger partial charge in [0.15, 0.2) is 0 Å². The van der Waals surface area contributed by atoms with Gasteiger partial charge in [-0.25, -0.2) is 18.4 Å². The van der Waals surface area contributed by atoms with Crippen LogP contribution in [0.3, 0.4) is 0 Å². The predicted octanol–water partition coefficient (Wildman–Crippen LogP) is 2.90. The highest BCUT2D eigenvalue weighted by molar-refractivity contribution is 7.89. The van der Waals surface area contributed by atoms with Crippen molar-refractivity contribution in [3.63, 3.8) is 0 Å². The van der Waals surface area contributed by atoms with Gasteiger partial charge in [0, 0.05) is 26.2 Å². The highest BCUT2D eigenvalue weighted by Crippen LogP contribution is 2.31. The molecule has 1 aliphatic rings. The van der Waals surface area contributed by atoms with E-state index in [0.29, 0.717) is 24.5 Å². The fourth-order valence-electron chi connectivity index (χ4n) is 3.27. The van der Waals surface area contributed by atoms with Gasteiger partial charge in [0.05, 0.1) is 15.1 Å². The fraction of sp³-hybridized carbons (Fsp3) is 0.333. The van der Waals surface area contributed by atoms with E-state index in [-0.39, 0.29) is 0 Å². The van der Waals surface area contributed by atoms with Crippen LogP contribution in [0.15, 0.2) is 46.9 Å². The molecule has 8 heteroatoms. The van der Waals surface area contributed by atoms with E-state index in [2.05, 4.69) is 20.2 Å². The minimum atomic E-state index is -3.45. The molecular formula is C18H20N4O2S2. The lowest BCUT2D eigenvalue weighted by Crippen LogP contribution is -2.35. The molecule has 0 bridgehead atoms. The standard InChI is InChI=1S/C18H20N4O2S2/c1-14-12-25-17-16(14)19-13-20-18(17)21-8-5-9-22(11-10-21)26(23,24)15-6-3-2-4-7-15/h2-4,6-7,12-13H,5,8-11H2,1H3. The number of benzene rings is 1. The molecule has 0 saturated carbocycles. The average molecular weight is 389 g/mol. The van der Waals surface area contributed by atoms with E-state index < -0.39 is 10.0 Å². The van der Waals surface area contributed by atoms with Crippen molar-refractivity contribution < 1.29 is 8.42 Å². The summed E-state index contributed by atoms with van der Waals surface area (Å²) >= 11 is 1.65. The molecule has 0 aliphatic carbocycles. The lowest BCUT2D eigenvalue weighted by Gasteiger charge is -2.23. The Kier molecular flexibility index (Phi) is 4.64. The average Bonchev–Trinajstić information content (AvgIpc) is 2.89. The monoisotopic (exact) mass is 388 g/mol. The van der Waals surface area contributed by atoms with Crippen molar-refractivity contribution in [2.24, 2.45) is 0 Å². The van der Waals surface area contributed by atoms with Gasteiger partial charge in [-0.3, -0.25) is 0 Å². The number of aromatic nitrogens is 2. The Morgan fingerprint density at radius 3 is 2.65 bits per heavy atom. The van der Waals surface area contributed by atoms with Gasteiger partial charge in [-0.2, -0.15) is 4.31 Å². The molecule has 0 atom stereocenters. The number of anilines is 1. The Morgan fingerprint density at radius 1 is 1.04 bits per heavy atom. The van der Waals surface area contributed by atoms with E-state index in [4.69, 9.17) is 0 Å². The molecule has 1 saturated heterocycles. The highest BCUT2D eigenvalue weighted by atomic mass is 32.2. The first-order valence-electron chi connectivity index (χ1n) is 8.56. The maximum atomic E-state index is 12.9. The van der Waals surface area contributed by atoms with Crippen molar-refractivity contribution in [1.82, 2.24) is 14.3 Å². The molecule has 26 heavy (non-hydrogen) atoms. The van der Waals surface area contributed by atoms with E-state index in [1.165, 1.54) is 0 Å². The lowest BCUT2D eigenvalue weighted by atomic mass is 10.3. The zero-order chi connectivity index (χ0) is 18.1. The third-order valence-corrected chi connectivity index (χ3v) is 7.64. The molecule has 2 aromatic heterocycles. The van der Waals surface area contributed by atoms with E-state index in [1.54, 1.807) is 46.2 Å². The van der Waals surface area contributed by atoms with Gasteiger partial charge in [-0.15, -0.1) is 11.3 Å². The van der Waals surface area contributed by atoms with Gasteiger partial charge in [-0.1, -0.05) is 18.2 Å². The van der Waals surface area contributed by atoms with Crippen molar-refractivity contribution in [2.45, 2.75) is 18.2 Å². The summed E-state index contributed by atoms with van der Waals surface area (Å²) in [5.41, 5.74) is 2.13. The molecular weight excluding hydrogens is 368 g/mol. The maximum Gasteiger partial charge on any atom is 0.243 e. The zero-order valence-electron chi connectivity index (χ0n) is 14.5. The normalized spacial score (nSPS) is 16.7. The summed E-state index contributed by atoms with van der Waals surface area (Å²) in [6.45, 7) is 4.42. The van der Waals surface area contributed by atoms with Crippen LogP contribution in [0.5, 0.6) is 0 Å². The van der Waals surface area contributed by atoms with E-state index >= 15 is 0 Å². The molecule has 6 nitrogen and oxygen atoms in total. The summed E-state index contributed by atoms with van der Waals surface area (Å²) < 4.78 is 28.4. The summed E-state index contributed by atoms with van der Waals surface area (Å²) in [7, 11) is -3.45. The second kappa shape index (κ2) is 6.94. The molecule has 3 heterocycles. The van der Waals surface area contributed by atoms with Crippen LogP contribution >= 0.6 is 11.3 Å². The summed E-state index contributed by atoms with van der Waals surface area (Å²) in [5.74, 6) is 0.909. The topological polar surface area (TPSA) is 66.4 Å². The van der Waals surface area contributed by atoms with Gasteiger partial charge in [0.25, 0.3) is 0 Å². The first-order chi connectivity index (χ1) is 12.6. The molecule has 1 fully saturated rings. The number of sulfonamides is 1. The van der Waals surface area contributed by atoms with Crippen LogP contribution in [0.4, 0.5) is 5.82 Å². The Labute approximate surface area is 157 Å². The van der Waals surface area contributed by atoms with Crippen LogP contribution in [0.25, 0.3) is 10.2 Å². The number of hydrogen-bond donors (Lipinski definition) is 0. The van der Waals surface area contributed by atoms with Gasteiger partial charge < -0.3 is 4.90 Å². The van der Waals surface area contributed by atoms with Crippen LogP contribution < -0.4 is 4.90 Å². The smallest absolute Gasteiger partial charge is 0.243 e. The molecule has 1 aliphatic heterocycles. The van der Waals surface area contributed by atoms with Crippen molar-refractivity contribution in [3.8, 4) is 0 Å². The predicted molar refractivity (Wildman–Crippen MR) is 104 cm³/mol. The molecule has 0 radical (unpaired) electrons. The quantitative estimate of drug-likeness (QED) is 0.690. The van der Waals surface area contributed by atoms with Gasteiger partial charge in [-0.05, 0) is 36.4 Å². The maximum absolute atomic E-state index is 12.9. The minimum absolute atomic E-state index is 0.353. The van der Waals surface area contributed by atoms with E-state index in [1.807, 2.05) is 13.0 Å². The molecule has 0 spiro atoms. The summed E-state index contributed by atoms with van der Waals surface area (Å²) in [4.78, 5) is 11.4. The van der Waals surface area contributed by atoms with E-state index in [9.17, 15) is 8.42 Å².